The summed E-state index contributed by atoms with van der Waals surface area (Å²) in [4.78, 5) is 14.0. The highest BCUT2D eigenvalue weighted by Crippen LogP contribution is 2.44. The second-order valence-electron chi connectivity index (χ2n) is 13.9. The van der Waals surface area contributed by atoms with Crippen LogP contribution in [0.25, 0.3) is 11.1 Å². The highest BCUT2D eigenvalue weighted by atomic mass is 19.4. The van der Waals surface area contributed by atoms with E-state index in [9.17, 15) is 18.0 Å². The minimum atomic E-state index is -4.44. The summed E-state index contributed by atoms with van der Waals surface area (Å²) in [7, 11) is 0. The lowest BCUT2D eigenvalue weighted by Crippen LogP contribution is -2.33. The predicted octanol–water partition coefficient (Wildman–Crippen LogP) is 11.9. The smallest absolute Gasteiger partial charge is 0.416 e. The van der Waals surface area contributed by atoms with Gasteiger partial charge in [0.1, 0.15) is 17.5 Å². The van der Waals surface area contributed by atoms with Crippen molar-refractivity contribution in [3.8, 4) is 0 Å². The second-order valence-corrected chi connectivity index (χ2v) is 13.9. The van der Waals surface area contributed by atoms with E-state index >= 15 is 4.39 Å². The van der Waals surface area contributed by atoms with Gasteiger partial charge in [-0.1, -0.05) is 60.1 Å². The third-order valence-corrected chi connectivity index (χ3v) is 10.7. The van der Waals surface area contributed by atoms with Crippen LogP contribution in [-0.4, -0.2) is 19.2 Å². The van der Waals surface area contributed by atoms with Crippen molar-refractivity contribution in [2.45, 2.75) is 86.7 Å². The summed E-state index contributed by atoms with van der Waals surface area (Å²) in [6.45, 7) is 14.4. The Hall–Kier alpha value is -4.13. The van der Waals surface area contributed by atoms with Crippen molar-refractivity contribution in [3.63, 3.8) is 0 Å². The van der Waals surface area contributed by atoms with Crippen molar-refractivity contribution in [2.24, 2.45) is 17.8 Å². The molecule has 0 saturated carbocycles. The van der Waals surface area contributed by atoms with Crippen LogP contribution in [0.2, 0.25) is 0 Å². The fourth-order valence-corrected chi connectivity index (χ4v) is 7.77. The van der Waals surface area contributed by atoms with Crippen LogP contribution >= 0.6 is 0 Å². The molecule has 3 nitrogen and oxygen atoms in total. The molecule has 50 heavy (non-hydrogen) atoms. The second kappa shape index (κ2) is 15.4. The lowest BCUT2D eigenvalue weighted by molar-refractivity contribution is -0.150. The van der Waals surface area contributed by atoms with Crippen molar-refractivity contribution in [3.05, 3.63) is 128 Å². The summed E-state index contributed by atoms with van der Waals surface area (Å²) in [5.41, 5.74) is 9.40. The molecule has 0 N–H and O–H groups in total. The number of carbonyl (C=O) groups excluding carboxylic acids is 1. The number of esters is 1. The lowest BCUT2D eigenvalue weighted by atomic mass is 9.75. The number of hydrogen-bond acceptors (Lipinski definition) is 3. The fraction of sp³-hybridized carbons (Fsp3) is 0.419. The minimum absolute atomic E-state index is 0.0585. The van der Waals surface area contributed by atoms with Gasteiger partial charge in [0.15, 0.2) is 0 Å². The number of aryl methyl sites for hydroxylation is 1. The molecule has 5 rings (SSSR count). The molecule has 2 aromatic rings. The number of fused-ring (bicyclic) bond motifs is 1. The first kappa shape index (κ1) is 37.1. The summed E-state index contributed by atoms with van der Waals surface area (Å²) in [5, 5.41) is 0. The molecule has 2 aromatic carbocycles. The first-order chi connectivity index (χ1) is 23.7. The van der Waals surface area contributed by atoms with E-state index in [-0.39, 0.29) is 30.2 Å². The number of rotatable bonds is 6. The Bertz CT molecular complexity index is 1830. The highest BCUT2D eigenvalue weighted by molar-refractivity contribution is 5.85. The molecule has 2 aliphatic carbocycles. The number of allylic oxidation sites excluding steroid dienone is 10. The third-order valence-electron chi connectivity index (χ3n) is 10.7. The molecule has 0 fully saturated rings. The summed E-state index contributed by atoms with van der Waals surface area (Å²) < 4.78 is 67.8. The van der Waals surface area contributed by atoms with Gasteiger partial charge in [0, 0.05) is 12.0 Å². The standard InChI is InChI=1S/C43H48F4O3/c1-8-49-42(48)41(39-24-36(25(2)20-21-50-39)33-19-18-32(22-28(33)5)43(45,46)47)34-14-11-12-31-17-16-26(3)40(35-13-9-10-15-38(35)44)30(7)37(31)23-27(4)29(34)6/h9-10,12-13,15,18-19,22-24,29,34,41H,8,11,14,16-17,20-21H2,1-7H3. The van der Waals surface area contributed by atoms with Gasteiger partial charge in [-0.3, -0.25) is 4.79 Å². The van der Waals surface area contributed by atoms with E-state index in [1.54, 1.807) is 19.9 Å². The Labute approximate surface area is 294 Å². The van der Waals surface area contributed by atoms with E-state index < -0.39 is 17.7 Å². The molecule has 0 aromatic heterocycles. The molecule has 0 radical (unpaired) electrons. The molecule has 1 aliphatic heterocycles. The maximum absolute atomic E-state index is 15.2. The van der Waals surface area contributed by atoms with Gasteiger partial charge < -0.3 is 9.47 Å². The molecule has 3 atom stereocenters. The third kappa shape index (κ3) is 7.77. The van der Waals surface area contributed by atoms with Gasteiger partial charge >= 0.3 is 12.1 Å². The van der Waals surface area contributed by atoms with E-state index in [0.29, 0.717) is 41.9 Å². The normalized spacial score (nSPS) is 21.4. The Morgan fingerprint density at radius 2 is 1.68 bits per heavy atom. The molecule has 7 heteroatoms. The zero-order valence-corrected chi connectivity index (χ0v) is 30.2. The van der Waals surface area contributed by atoms with Gasteiger partial charge in [0.25, 0.3) is 0 Å². The Morgan fingerprint density at radius 3 is 2.36 bits per heavy atom. The van der Waals surface area contributed by atoms with Crippen LogP contribution in [0, 0.1) is 30.5 Å². The van der Waals surface area contributed by atoms with Gasteiger partial charge in [-0.25, -0.2) is 4.39 Å². The SMILES string of the molecule is CCOC(=O)C(C1=CC(c2ccc(C(F)(F)F)cc2C)=C(C)CCO1)C1CCC=C2CCC(C)=C(c3ccccc3F)C(C)=C2C=C(C)C1C. The van der Waals surface area contributed by atoms with E-state index in [1.807, 2.05) is 25.1 Å². The van der Waals surface area contributed by atoms with Crippen LogP contribution in [0.4, 0.5) is 17.6 Å². The van der Waals surface area contributed by atoms with E-state index in [4.69, 9.17) is 9.47 Å². The van der Waals surface area contributed by atoms with Gasteiger partial charge in [-0.05, 0) is 142 Å². The van der Waals surface area contributed by atoms with Crippen LogP contribution in [0.1, 0.15) is 95.9 Å². The van der Waals surface area contributed by atoms with E-state index in [2.05, 4.69) is 39.8 Å². The van der Waals surface area contributed by atoms with Crippen LogP contribution < -0.4 is 0 Å². The zero-order chi connectivity index (χ0) is 36.3. The van der Waals surface area contributed by atoms with Crippen molar-refractivity contribution >= 4 is 17.1 Å². The fourth-order valence-electron chi connectivity index (χ4n) is 7.77. The van der Waals surface area contributed by atoms with Gasteiger partial charge in [-0.15, -0.1) is 0 Å². The Kier molecular flexibility index (Phi) is 11.4. The molecule has 0 amide bonds. The van der Waals surface area contributed by atoms with E-state index in [0.717, 1.165) is 64.3 Å². The van der Waals surface area contributed by atoms with Crippen molar-refractivity contribution in [1.82, 2.24) is 0 Å². The molecular formula is C43H48F4O3. The topological polar surface area (TPSA) is 35.5 Å². The van der Waals surface area contributed by atoms with E-state index in [1.165, 1.54) is 23.8 Å². The molecule has 0 bridgehead atoms. The van der Waals surface area contributed by atoms with Crippen LogP contribution in [0.3, 0.4) is 0 Å². The maximum atomic E-state index is 15.2. The number of halogens is 4. The Morgan fingerprint density at radius 1 is 0.940 bits per heavy atom. The van der Waals surface area contributed by atoms with Gasteiger partial charge in [0.2, 0.25) is 0 Å². The molecular weight excluding hydrogens is 640 g/mol. The van der Waals surface area contributed by atoms with Crippen molar-refractivity contribution < 1.29 is 31.8 Å². The average molecular weight is 689 g/mol. The van der Waals surface area contributed by atoms with Gasteiger partial charge in [-0.2, -0.15) is 13.2 Å². The Balaban J connectivity index is 1.60. The van der Waals surface area contributed by atoms with Crippen molar-refractivity contribution in [2.75, 3.05) is 13.2 Å². The first-order valence-corrected chi connectivity index (χ1v) is 17.6. The number of benzene rings is 2. The van der Waals surface area contributed by atoms with Crippen LogP contribution in [0.5, 0.6) is 0 Å². The molecule has 3 aliphatic rings. The largest absolute Gasteiger partial charge is 0.497 e. The molecule has 0 saturated heterocycles. The van der Waals surface area contributed by atoms with Gasteiger partial charge in [0.05, 0.1) is 18.8 Å². The summed E-state index contributed by atoms with van der Waals surface area (Å²) in [5.74, 6) is -1.10. The summed E-state index contributed by atoms with van der Waals surface area (Å²) in [6.07, 6.45) is 5.54. The highest BCUT2D eigenvalue weighted by Gasteiger charge is 2.39. The van der Waals surface area contributed by atoms with Crippen molar-refractivity contribution in [1.29, 1.82) is 0 Å². The van der Waals surface area contributed by atoms with Crippen LogP contribution in [0.15, 0.2) is 99.9 Å². The molecule has 3 unspecified atom stereocenters. The summed E-state index contributed by atoms with van der Waals surface area (Å²) in [6, 6.07) is 10.7. The monoisotopic (exact) mass is 688 g/mol. The van der Waals surface area contributed by atoms with Crippen LogP contribution in [-0.2, 0) is 20.4 Å². The molecule has 1 heterocycles. The number of alkyl halides is 3. The maximum Gasteiger partial charge on any atom is 0.416 e. The molecule has 266 valence electrons. The number of ether oxygens (including phenoxy) is 2. The zero-order valence-electron chi connectivity index (χ0n) is 30.2. The summed E-state index contributed by atoms with van der Waals surface area (Å²) >= 11 is 0. The number of hydrogen-bond donors (Lipinski definition) is 0. The predicted molar refractivity (Wildman–Crippen MR) is 192 cm³/mol. The lowest BCUT2D eigenvalue weighted by Gasteiger charge is -2.32. The molecule has 0 spiro atoms. The minimum Gasteiger partial charge on any atom is -0.497 e. The number of carbonyl (C=O) groups is 1. The first-order valence-electron chi connectivity index (χ1n) is 17.6. The quantitative estimate of drug-likeness (QED) is 0.224. The average Bonchev–Trinajstić information content (AvgIpc) is 3.28.